The largest absolute Gasteiger partial charge is 0.495 e. The van der Waals surface area contributed by atoms with E-state index in [0.29, 0.717) is 5.69 Å². The molecule has 21 heavy (non-hydrogen) atoms. The summed E-state index contributed by atoms with van der Waals surface area (Å²) in [6.45, 7) is 6.25. The van der Waals surface area contributed by atoms with E-state index in [4.69, 9.17) is 4.74 Å². The minimum atomic E-state index is -0.455. The zero-order valence-corrected chi connectivity index (χ0v) is 14.5. The summed E-state index contributed by atoms with van der Waals surface area (Å²) in [6, 6.07) is 5.10. The van der Waals surface area contributed by atoms with Gasteiger partial charge in [-0.25, -0.2) is 4.79 Å². The number of methoxy groups -OCH3 is 1. The highest BCUT2D eigenvalue weighted by Gasteiger charge is 2.22. The normalized spacial score (nSPS) is 11.5. The first-order valence-electron chi connectivity index (χ1n) is 6.44. The molecule has 1 aromatic heterocycles. The van der Waals surface area contributed by atoms with Crippen LogP contribution in [0.25, 0.3) is 5.69 Å². The fourth-order valence-corrected chi connectivity index (χ4v) is 2.93. The van der Waals surface area contributed by atoms with Crippen molar-refractivity contribution in [2.75, 3.05) is 7.11 Å². The summed E-state index contributed by atoms with van der Waals surface area (Å²) in [5.41, 5.74) is 0.711. The van der Waals surface area contributed by atoms with Gasteiger partial charge in [0.15, 0.2) is 0 Å². The fraction of sp³-hybridized carbons (Fsp3) is 0.333. The van der Waals surface area contributed by atoms with Gasteiger partial charge in [0, 0.05) is 17.8 Å². The molecule has 0 spiro atoms. The molecule has 0 amide bonds. The fourth-order valence-electron chi connectivity index (χ4n) is 2.10. The molecule has 1 heterocycles. The van der Waals surface area contributed by atoms with Crippen LogP contribution in [0.1, 0.15) is 26.3 Å². The molecule has 0 saturated carbocycles. The Labute approximate surface area is 136 Å². The average Bonchev–Trinajstić information content (AvgIpc) is 2.36. The minimum absolute atomic E-state index is 0.132. The first-order chi connectivity index (χ1) is 9.74. The van der Waals surface area contributed by atoms with Gasteiger partial charge in [0.1, 0.15) is 5.75 Å². The maximum Gasteiger partial charge on any atom is 0.332 e. The first kappa shape index (κ1) is 15.8. The highest BCUT2D eigenvalue weighted by molar-refractivity contribution is 14.1. The number of halogens is 1. The lowest BCUT2D eigenvalue weighted by Crippen LogP contribution is -2.28. The molecule has 0 saturated heterocycles. The summed E-state index contributed by atoms with van der Waals surface area (Å²) < 4.78 is 7.82. The van der Waals surface area contributed by atoms with Crippen molar-refractivity contribution in [2.45, 2.75) is 26.2 Å². The van der Waals surface area contributed by atoms with Crippen molar-refractivity contribution in [2.24, 2.45) is 0 Å². The van der Waals surface area contributed by atoms with E-state index >= 15 is 0 Å². The molecule has 1 N–H and O–H groups in total. The van der Waals surface area contributed by atoms with Gasteiger partial charge in [0.2, 0.25) is 0 Å². The van der Waals surface area contributed by atoms with Gasteiger partial charge >= 0.3 is 5.69 Å². The van der Waals surface area contributed by atoms with Gasteiger partial charge in [-0.2, -0.15) is 0 Å². The number of nitrogens with zero attached hydrogens (tertiary/aromatic N) is 1. The number of ether oxygens (including phenoxy) is 1. The van der Waals surface area contributed by atoms with Crippen molar-refractivity contribution in [3.05, 3.63) is 54.4 Å². The molecule has 0 aliphatic carbocycles. The third-order valence-electron chi connectivity index (χ3n) is 3.14. The number of aromatic nitrogens is 2. The highest BCUT2D eigenvalue weighted by atomic mass is 127. The quantitative estimate of drug-likeness (QED) is 0.788. The molecule has 0 unspecified atom stereocenters. The lowest BCUT2D eigenvalue weighted by molar-refractivity contribution is 0.394. The molecule has 2 aromatic rings. The summed E-state index contributed by atoms with van der Waals surface area (Å²) in [5.74, 6) is 0.810. The molecule has 0 bridgehead atoms. The Bertz CT molecular complexity index is 785. The van der Waals surface area contributed by atoms with Crippen LogP contribution in [0.4, 0.5) is 0 Å². The van der Waals surface area contributed by atoms with Crippen LogP contribution in [0, 0.1) is 3.57 Å². The summed E-state index contributed by atoms with van der Waals surface area (Å²) in [4.78, 5) is 25.4. The van der Waals surface area contributed by atoms with Crippen molar-refractivity contribution in [1.82, 2.24) is 9.55 Å². The predicted octanol–water partition coefficient (Wildman–Crippen LogP) is 2.44. The van der Waals surface area contributed by atoms with Gasteiger partial charge in [-0.1, -0.05) is 20.8 Å². The number of H-pyrrole nitrogens is 1. The maximum atomic E-state index is 11.9. The number of hydrogen-bond acceptors (Lipinski definition) is 3. The molecule has 0 aliphatic heterocycles. The Balaban J connectivity index is 2.75. The van der Waals surface area contributed by atoms with E-state index in [1.807, 2.05) is 12.1 Å². The van der Waals surface area contributed by atoms with Gasteiger partial charge < -0.3 is 4.74 Å². The van der Waals surface area contributed by atoms with Crippen LogP contribution >= 0.6 is 22.6 Å². The SMILES string of the molecule is COc1c(I)cc(-n2ccc(=O)[nH]c2=O)cc1C(C)(C)C. The van der Waals surface area contributed by atoms with Crippen molar-refractivity contribution in [1.29, 1.82) is 0 Å². The van der Waals surface area contributed by atoms with Crippen LogP contribution in [-0.2, 0) is 5.41 Å². The predicted molar refractivity (Wildman–Crippen MR) is 90.6 cm³/mol. The number of rotatable bonds is 2. The molecule has 5 nitrogen and oxygen atoms in total. The highest BCUT2D eigenvalue weighted by Crippen LogP contribution is 2.36. The van der Waals surface area contributed by atoms with Gasteiger partial charge in [-0.05, 0) is 40.1 Å². The smallest absolute Gasteiger partial charge is 0.332 e. The number of hydrogen-bond donors (Lipinski definition) is 1. The Hall–Kier alpha value is -1.57. The molecule has 0 fully saturated rings. The van der Waals surface area contributed by atoms with Crippen LogP contribution in [0.3, 0.4) is 0 Å². The van der Waals surface area contributed by atoms with Crippen molar-refractivity contribution < 1.29 is 4.74 Å². The molecule has 0 aliphatic rings. The molecule has 0 radical (unpaired) electrons. The van der Waals surface area contributed by atoms with Crippen LogP contribution in [-0.4, -0.2) is 16.7 Å². The second kappa shape index (κ2) is 5.67. The van der Waals surface area contributed by atoms with Crippen molar-refractivity contribution >= 4 is 22.6 Å². The Morgan fingerprint density at radius 2 is 1.90 bits per heavy atom. The monoisotopic (exact) mass is 400 g/mol. The molecule has 2 rings (SSSR count). The summed E-state index contributed by atoms with van der Waals surface area (Å²) >= 11 is 2.18. The van der Waals surface area contributed by atoms with E-state index in [-0.39, 0.29) is 5.41 Å². The summed E-state index contributed by atoms with van der Waals surface area (Å²) in [6.07, 6.45) is 1.48. The summed E-state index contributed by atoms with van der Waals surface area (Å²) in [7, 11) is 1.64. The topological polar surface area (TPSA) is 64.1 Å². The van der Waals surface area contributed by atoms with Gasteiger partial charge in [0.05, 0.1) is 16.4 Å². The molecular weight excluding hydrogens is 383 g/mol. The average molecular weight is 400 g/mol. The molecule has 112 valence electrons. The summed E-state index contributed by atoms with van der Waals surface area (Å²) in [5, 5.41) is 0. The first-order valence-corrected chi connectivity index (χ1v) is 7.52. The van der Waals surface area contributed by atoms with E-state index in [0.717, 1.165) is 14.9 Å². The van der Waals surface area contributed by atoms with E-state index in [2.05, 4.69) is 48.3 Å². The molecule has 0 atom stereocenters. The van der Waals surface area contributed by atoms with E-state index in [1.54, 1.807) is 7.11 Å². The number of benzene rings is 1. The third-order valence-corrected chi connectivity index (χ3v) is 3.94. The lowest BCUT2D eigenvalue weighted by Gasteiger charge is -2.24. The number of aromatic amines is 1. The Morgan fingerprint density at radius 3 is 2.43 bits per heavy atom. The van der Waals surface area contributed by atoms with E-state index < -0.39 is 11.2 Å². The van der Waals surface area contributed by atoms with Crippen LogP contribution in [0.15, 0.2) is 34.0 Å². The van der Waals surface area contributed by atoms with Gasteiger partial charge in [-0.3, -0.25) is 14.3 Å². The molecular formula is C15H17IN2O3. The third kappa shape index (κ3) is 3.20. The van der Waals surface area contributed by atoms with Crippen molar-refractivity contribution in [3.63, 3.8) is 0 Å². The van der Waals surface area contributed by atoms with Crippen LogP contribution in [0.5, 0.6) is 5.75 Å². The minimum Gasteiger partial charge on any atom is -0.495 e. The molecule has 1 aromatic carbocycles. The van der Waals surface area contributed by atoms with E-state index in [1.165, 1.54) is 16.8 Å². The number of nitrogens with one attached hydrogen (secondary N) is 1. The maximum absolute atomic E-state index is 11.9. The van der Waals surface area contributed by atoms with Gasteiger partial charge in [-0.15, -0.1) is 0 Å². The standard InChI is InChI=1S/C15H17IN2O3/c1-15(2,3)10-7-9(8-11(16)13(10)21-4)18-6-5-12(19)17-14(18)20/h5-8H,1-4H3,(H,17,19,20). The van der Waals surface area contributed by atoms with Crippen LogP contribution in [0.2, 0.25) is 0 Å². The second-order valence-electron chi connectivity index (χ2n) is 5.74. The Kier molecular flexibility index (Phi) is 4.27. The van der Waals surface area contributed by atoms with E-state index in [9.17, 15) is 9.59 Å². The Morgan fingerprint density at radius 1 is 1.24 bits per heavy atom. The van der Waals surface area contributed by atoms with Crippen LogP contribution < -0.4 is 16.0 Å². The lowest BCUT2D eigenvalue weighted by atomic mass is 9.86. The van der Waals surface area contributed by atoms with Crippen molar-refractivity contribution in [3.8, 4) is 11.4 Å². The zero-order valence-electron chi connectivity index (χ0n) is 12.4. The molecule has 6 heteroatoms. The second-order valence-corrected chi connectivity index (χ2v) is 6.90. The van der Waals surface area contributed by atoms with Gasteiger partial charge in [0.25, 0.3) is 5.56 Å². The zero-order chi connectivity index (χ0) is 15.8.